The Morgan fingerprint density at radius 3 is 2.88 bits per heavy atom. The largest absolute Gasteiger partial charge is 0.381 e. The lowest BCUT2D eigenvalue weighted by molar-refractivity contribution is -0.122. The molecule has 1 amide bonds. The minimum atomic E-state index is -0.585. The lowest BCUT2D eigenvalue weighted by Crippen LogP contribution is -2.37. The SMILES string of the molecule is N[C@@H](C(=O)NCC1CCOC1)c1ccccc1. The average Bonchev–Trinajstić information content (AvgIpc) is 2.89. The maximum atomic E-state index is 11.8. The minimum absolute atomic E-state index is 0.122. The van der Waals surface area contributed by atoms with Gasteiger partial charge in [-0.15, -0.1) is 0 Å². The zero-order valence-electron chi connectivity index (χ0n) is 9.76. The van der Waals surface area contributed by atoms with E-state index in [0.717, 1.165) is 25.2 Å². The third-order valence-electron chi connectivity index (χ3n) is 3.03. The zero-order valence-corrected chi connectivity index (χ0v) is 9.76. The second-order valence-electron chi connectivity index (χ2n) is 4.36. The Morgan fingerprint density at radius 2 is 2.24 bits per heavy atom. The molecule has 0 radical (unpaired) electrons. The molecule has 1 aliphatic heterocycles. The lowest BCUT2D eigenvalue weighted by Gasteiger charge is -2.14. The van der Waals surface area contributed by atoms with Crippen LogP contribution >= 0.6 is 0 Å². The van der Waals surface area contributed by atoms with E-state index in [1.54, 1.807) is 0 Å². The summed E-state index contributed by atoms with van der Waals surface area (Å²) in [6.45, 7) is 2.19. The van der Waals surface area contributed by atoms with E-state index >= 15 is 0 Å². The molecule has 17 heavy (non-hydrogen) atoms. The van der Waals surface area contributed by atoms with Crippen molar-refractivity contribution in [2.45, 2.75) is 12.5 Å². The van der Waals surface area contributed by atoms with Crippen LogP contribution in [0.15, 0.2) is 30.3 Å². The quantitative estimate of drug-likeness (QED) is 0.811. The molecule has 2 rings (SSSR count). The molecule has 92 valence electrons. The molecular formula is C13H18N2O2. The maximum absolute atomic E-state index is 11.8. The van der Waals surface area contributed by atoms with Crippen LogP contribution in [0.4, 0.5) is 0 Å². The van der Waals surface area contributed by atoms with E-state index in [-0.39, 0.29) is 5.91 Å². The summed E-state index contributed by atoms with van der Waals surface area (Å²) >= 11 is 0. The van der Waals surface area contributed by atoms with Crippen molar-refractivity contribution in [1.82, 2.24) is 5.32 Å². The van der Waals surface area contributed by atoms with E-state index in [1.165, 1.54) is 0 Å². The summed E-state index contributed by atoms with van der Waals surface area (Å²) in [5.74, 6) is 0.310. The molecule has 0 spiro atoms. The molecule has 1 heterocycles. The Balaban J connectivity index is 1.83. The van der Waals surface area contributed by atoms with Crippen LogP contribution in [0.5, 0.6) is 0 Å². The van der Waals surface area contributed by atoms with E-state index in [9.17, 15) is 4.79 Å². The van der Waals surface area contributed by atoms with Gasteiger partial charge in [0.05, 0.1) is 6.61 Å². The lowest BCUT2D eigenvalue weighted by atomic mass is 10.1. The van der Waals surface area contributed by atoms with Crippen molar-refractivity contribution < 1.29 is 9.53 Å². The summed E-state index contributed by atoms with van der Waals surface area (Å²) in [6, 6.07) is 8.81. The van der Waals surface area contributed by atoms with Crippen LogP contribution in [-0.2, 0) is 9.53 Å². The average molecular weight is 234 g/mol. The fraction of sp³-hybridized carbons (Fsp3) is 0.462. The number of benzene rings is 1. The number of hydrogen-bond donors (Lipinski definition) is 2. The number of nitrogens with one attached hydrogen (secondary N) is 1. The highest BCUT2D eigenvalue weighted by Crippen LogP contribution is 2.12. The highest BCUT2D eigenvalue weighted by atomic mass is 16.5. The molecule has 0 aromatic heterocycles. The van der Waals surface area contributed by atoms with Gasteiger partial charge in [-0.2, -0.15) is 0 Å². The van der Waals surface area contributed by atoms with Gasteiger partial charge in [-0.1, -0.05) is 30.3 Å². The van der Waals surface area contributed by atoms with Crippen molar-refractivity contribution in [1.29, 1.82) is 0 Å². The second-order valence-corrected chi connectivity index (χ2v) is 4.36. The number of amides is 1. The summed E-state index contributed by atoms with van der Waals surface area (Å²) in [6.07, 6.45) is 1.01. The molecule has 1 unspecified atom stereocenters. The molecule has 1 saturated heterocycles. The van der Waals surface area contributed by atoms with E-state index in [4.69, 9.17) is 10.5 Å². The Kier molecular flexibility index (Phi) is 4.12. The first-order valence-corrected chi connectivity index (χ1v) is 5.93. The Hall–Kier alpha value is -1.39. The van der Waals surface area contributed by atoms with Crippen LogP contribution in [0.3, 0.4) is 0 Å². The van der Waals surface area contributed by atoms with Crippen LogP contribution in [0.1, 0.15) is 18.0 Å². The Morgan fingerprint density at radius 1 is 1.47 bits per heavy atom. The predicted molar refractivity (Wildman–Crippen MR) is 65.3 cm³/mol. The van der Waals surface area contributed by atoms with Crippen molar-refractivity contribution in [2.75, 3.05) is 19.8 Å². The molecule has 4 heteroatoms. The van der Waals surface area contributed by atoms with Gasteiger partial charge in [-0.05, 0) is 12.0 Å². The van der Waals surface area contributed by atoms with Crippen molar-refractivity contribution in [2.24, 2.45) is 11.7 Å². The van der Waals surface area contributed by atoms with Crippen LogP contribution < -0.4 is 11.1 Å². The van der Waals surface area contributed by atoms with Crippen molar-refractivity contribution >= 4 is 5.91 Å². The molecule has 3 N–H and O–H groups in total. The van der Waals surface area contributed by atoms with Crippen molar-refractivity contribution in [3.63, 3.8) is 0 Å². The summed E-state index contributed by atoms with van der Waals surface area (Å²) in [5, 5.41) is 2.88. The standard InChI is InChI=1S/C13H18N2O2/c14-12(11-4-2-1-3-5-11)13(16)15-8-10-6-7-17-9-10/h1-5,10,12H,6-9,14H2,(H,15,16)/t10?,12-/m1/s1. The molecule has 1 aromatic rings. The molecule has 0 bridgehead atoms. The number of hydrogen-bond acceptors (Lipinski definition) is 3. The van der Waals surface area contributed by atoms with Gasteiger partial charge in [0.25, 0.3) is 0 Å². The number of carbonyl (C=O) groups is 1. The first-order valence-electron chi connectivity index (χ1n) is 5.93. The van der Waals surface area contributed by atoms with Crippen LogP contribution in [-0.4, -0.2) is 25.7 Å². The summed E-state index contributed by atoms with van der Waals surface area (Å²) in [4.78, 5) is 11.8. The highest BCUT2D eigenvalue weighted by Gasteiger charge is 2.19. The van der Waals surface area contributed by atoms with E-state index in [2.05, 4.69) is 5.32 Å². The van der Waals surface area contributed by atoms with Gasteiger partial charge in [0.1, 0.15) is 6.04 Å². The predicted octanol–water partition coefficient (Wildman–Crippen LogP) is 0.839. The van der Waals surface area contributed by atoms with E-state index < -0.39 is 6.04 Å². The smallest absolute Gasteiger partial charge is 0.241 e. The topological polar surface area (TPSA) is 64.4 Å². The van der Waals surface area contributed by atoms with Gasteiger partial charge >= 0.3 is 0 Å². The van der Waals surface area contributed by atoms with Gasteiger partial charge in [0.2, 0.25) is 5.91 Å². The number of nitrogens with two attached hydrogens (primary N) is 1. The molecule has 0 saturated carbocycles. The maximum Gasteiger partial charge on any atom is 0.241 e. The third kappa shape index (κ3) is 3.28. The molecular weight excluding hydrogens is 216 g/mol. The second kappa shape index (κ2) is 5.80. The third-order valence-corrected chi connectivity index (χ3v) is 3.03. The number of ether oxygens (including phenoxy) is 1. The van der Waals surface area contributed by atoms with Crippen molar-refractivity contribution in [3.8, 4) is 0 Å². The number of rotatable bonds is 4. The Labute approximate surface area is 101 Å². The Bertz CT molecular complexity index is 361. The molecule has 0 aliphatic carbocycles. The summed E-state index contributed by atoms with van der Waals surface area (Å²) in [5.41, 5.74) is 6.72. The van der Waals surface area contributed by atoms with E-state index in [1.807, 2.05) is 30.3 Å². The fourth-order valence-electron chi connectivity index (χ4n) is 1.91. The van der Waals surface area contributed by atoms with Gasteiger partial charge in [-0.25, -0.2) is 0 Å². The zero-order chi connectivity index (χ0) is 12.1. The molecule has 1 aliphatic rings. The summed E-state index contributed by atoms with van der Waals surface area (Å²) in [7, 11) is 0. The fourth-order valence-corrected chi connectivity index (χ4v) is 1.91. The first kappa shape index (κ1) is 12.1. The normalized spacial score (nSPS) is 21.1. The van der Waals surface area contributed by atoms with E-state index in [0.29, 0.717) is 12.5 Å². The van der Waals surface area contributed by atoms with Gasteiger partial charge in [0, 0.05) is 19.1 Å². The van der Waals surface area contributed by atoms with Gasteiger partial charge in [-0.3, -0.25) is 4.79 Å². The molecule has 4 nitrogen and oxygen atoms in total. The minimum Gasteiger partial charge on any atom is -0.381 e. The van der Waals surface area contributed by atoms with Crippen LogP contribution in [0.25, 0.3) is 0 Å². The first-order chi connectivity index (χ1) is 8.27. The molecule has 1 fully saturated rings. The monoisotopic (exact) mass is 234 g/mol. The summed E-state index contributed by atoms with van der Waals surface area (Å²) < 4.78 is 5.25. The highest BCUT2D eigenvalue weighted by molar-refractivity contribution is 5.82. The number of carbonyl (C=O) groups excluding carboxylic acids is 1. The van der Waals surface area contributed by atoms with Gasteiger partial charge < -0.3 is 15.8 Å². The van der Waals surface area contributed by atoms with Crippen LogP contribution in [0, 0.1) is 5.92 Å². The van der Waals surface area contributed by atoms with Crippen molar-refractivity contribution in [3.05, 3.63) is 35.9 Å². The molecule has 1 aromatic carbocycles. The molecule has 2 atom stereocenters. The van der Waals surface area contributed by atoms with Crippen LogP contribution in [0.2, 0.25) is 0 Å². The van der Waals surface area contributed by atoms with Gasteiger partial charge in [0.15, 0.2) is 0 Å².